The molecule has 0 aliphatic carbocycles. The first-order chi connectivity index (χ1) is 16.3. The Morgan fingerprint density at radius 1 is 1.24 bits per heavy atom. The average molecular weight is 473 g/mol. The van der Waals surface area contributed by atoms with Crippen molar-refractivity contribution in [1.29, 1.82) is 0 Å². The molecule has 0 bridgehead atoms. The number of piperazine rings is 1. The normalized spacial score (nSPS) is 17.3. The van der Waals surface area contributed by atoms with Crippen LogP contribution < -0.4 is 10.2 Å². The number of aliphatic hydroxyl groups excluding tert-OH is 1. The summed E-state index contributed by atoms with van der Waals surface area (Å²) < 4.78 is 40.9. The van der Waals surface area contributed by atoms with Crippen molar-refractivity contribution >= 4 is 28.3 Å². The van der Waals surface area contributed by atoms with E-state index in [4.69, 9.17) is 0 Å². The maximum atomic E-state index is 14.7. The smallest absolute Gasteiger partial charge is 0.266 e. The first-order valence-corrected chi connectivity index (χ1v) is 11.0. The van der Waals surface area contributed by atoms with E-state index in [0.29, 0.717) is 36.7 Å². The second kappa shape index (κ2) is 9.84. The van der Waals surface area contributed by atoms with Gasteiger partial charge in [0, 0.05) is 49.4 Å². The number of hydrogen-bond donors (Lipinski definition) is 2. The fourth-order valence-electron chi connectivity index (χ4n) is 4.35. The third-order valence-corrected chi connectivity index (χ3v) is 6.17. The highest BCUT2D eigenvalue weighted by molar-refractivity contribution is 5.92. The number of carbonyl (C=O) groups is 1. The first-order valence-electron chi connectivity index (χ1n) is 11.0. The van der Waals surface area contributed by atoms with E-state index in [-0.39, 0.29) is 24.1 Å². The molecule has 1 amide bonds. The molecule has 180 valence electrons. The Bertz CT molecular complexity index is 1190. The molecule has 1 aliphatic heterocycles. The second-order valence-corrected chi connectivity index (χ2v) is 8.33. The molecule has 7 nitrogen and oxygen atoms in total. The van der Waals surface area contributed by atoms with Gasteiger partial charge in [-0.25, -0.2) is 18.2 Å². The van der Waals surface area contributed by atoms with Crippen LogP contribution >= 0.6 is 0 Å². The molecule has 2 N–H and O–H groups in total. The highest BCUT2D eigenvalue weighted by atomic mass is 19.3. The molecule has 1 saturated heterocycles. The van der Waals surface area contributed by atoms with Crippen molar-refractivity contribution in [2.75, 3.05) is 36.5 Å². The average Bonchev–Trinajstić information content (AvgIpc) is 2.83. The number of amides is 1. The molecule has 0 radical (unpaired) electrons. The minimum Gasteiger partial charge on any atom is -0.394 e. The number of fused-ring (bicyclic) bond motifs is 1. The van der Waals surface area contributed by atoms with Crippen molar-refractivity contribution in [3.8, 4) is 0 Å². The van der Waals surface area contributed by atoms with Crippen molar-refractivity contribution < 1.29 is 23.1 Å². The highest BCUT2D eigenvalue weighted by Gasteiger charge is 2.29. The topological polar surface area (TPSA) is 81.6 Å². The molecule has 3 heterocycles. The Morgan fingerprint density at radius 3 is 2.71 bits per heavy atom. The van der Waals surface area contributed by atoms with E-state index in [9.17, 15) is 23.1 Å². The number of halogens is 3. The summed E-state index contributed by atoms with van der Waals surface area (Å²) in [4.78, 5) is 24.3. The zero-order valence-corrected chi connectivity index (χ0v) is 18.9. The van der Waals surface area contributed by atoms with Crippen LogP contribution in [0.25, 0.3) is 10.9 Å². The van der Waals surface area contributed by atoms with Gasteiger partial charge in [-0.05, 0) is 19.1 Å². The van der Waals surface area contributed by atoms with E-state index in [1.54, 1.807) is 30.3 Å². The number of aromatic nitrogens is 2. The third-order valence-electron chi connectivity index (χ3n) is 6.17. The fraction of sp³-hybridized carbons (Fsp3) is 0.375. The SMILES string of the molecule is CC(=O)N1CCN(c2cc3c(N[C@H](C)c4cccc(C(F)F)c4F)ccnc3cn2)CC1CO. The Morgan fingerprint density at radius 2 is 2.00 bits per heavy atom. The Labute approximate surface area is 195 Å². The van der Waals surface area contributed by atoms with Gasteiger partial charge in [0.05, 0.1) is 36.0 Å². The van der Waals surface area contributed by atoms with Crippen LogP contribution in [-0.2, 0) is 4.79 Å². The maximum Gasteiger partial charge on any atom is 0.266 e. The number of nitrogens with zero attached hydrogens (tertiary/aromatic N) is 4. The van der Waals surface area contributed by atoms with Crippen molar-refractivity contribution in [2.45, 2.75) is 32.4 Å². The van der Waals surface area contributed by atoms with Gasteiger partial charge < -0.3 is 20.2 Å². The summed E-state index contributed by atoms with van der Waals surface area (Å²) in [6, 6.07) is 6.66. The summed E-state index contributed by atoms with van der Waals surface area (Å²) in [7, 11) is 0. The number of rotatable bonds is 6. The van der Waals surface area contributed by atoms with Gasteiger partial charge in [-0.2, -0.15) is 0 Å². The van der Waals surface area contributed by atoms with E-state index in [1.807, 2.05) is 11.0 Å². The summed E-state index contributed by atoms with van der Waals surface area (Å²) in [6.07, 6.45) is 0.329. The van der Waals surface area contributed by atoms with Crippen LogP contribution in [0.15, 0.2) is 42.7 Å². The monoisotopic (exact) mass is 473 g/mol. The minimum atomic E-state index is -2.89. The highest BCUT2D eigenvalue weighted by Crippen LogP contribution is 2.32. The van der Waals surface area contributed by atoms with Crippen LogP contribution in [0, 0.1) is 5.82 Å². The molecule has 3 aromatic rings. The van der Waals surface area contributed by atoms with Gasteiger partial charge in [0.2, 0.25) is 5.91 Å². The van der Waals surface area contributed by atoms with E-state index in [1.165, 1.54) is 19.1 Å². The second-order valence-electron chi connectivity index (χ2n) is 8.33. The molecule has 0 saturated carbocycles. The predicted octanol–water partition coefficient (Wildman–Crippen LogP) is 3.91. The summed E-state index contributed by atoms with van der Waals surface area (Å²) in [5.74, 6) is -0.349. The largest absolute Gasteiger partial charge is 0.394 e. The van der Waals surface area contributed by atoms with E-state index in [2.05, 4.69) is 15.3 Å². The minimum absolute atomic E-state index is 0.0852. The van der Waals surface area contributed by atoms with Crippen LogP contribution in [0.5, 0.6) is 0 Å². The van der Waals surface area contributed by atoms with Crippen molar-refractivity contribution in [3.63, 3.8) is 0 Å². The lowest BCUT2D eigenvalue weighted by molar-refractivity contribution is -0.132. The molecular formula is C24H26F3N5O2. The zero-order chi connectivity index (χ0) is 24.4. The number of carbonyl (C=O) groups excluding carboxylic acids is 1. The van der Waals surface area contributed by atoms with Crippen LogP contribution in [-0.4, -0.2) is 58.2 Å². The van der Waals surface area contributed by atoms with Crippen LogP contribution in [0.4, 0.5) is 24.7 Å². The van der Waals surface area contributed by atoms with Crippen LogP contribution in [0.2, 0.25) is 0 Å². The van der Waals surface area contributed by atoms with E-state index < -0.39 is 23.8 Å². The summed E-state index contributed by atoms with van der Waals surface area (Å²) >= 11 is 0. The molecule has 1 aromatic carbocycles. The number of nitrogens with one attached hydrogen (secondary N) is 1. The fourth-order valence-corrected chi connectivity index (χ4v) is 4.35. The molecule has 2 atom stereocenters. The predicted molar refractivity (Wildman–Crippen MR) is 123 cm³/mol. The lowest BCUT2D eigenvalue weighted by atomic mass is 10.0. The molecule has 1 aliphatic rings. The first kappa shape index (κ1) is 23.7. The van der Waals surface area contributed by atoms with Crippen molar-refractivity contribution in [3.05, 3.63) is 59.7 Å². The zero-order valence-electron chi connectivity index (χ0n) is 18.9. The number of hydrogen-bond acceptors (Lipinski definition) is 6. The quantitative estimate of drug-likeness (QED) is 0.565. The molecule has 2 aromatic heterocycles. The van der Waals surface area contributed by atoms with Gasteiger partial charge >= 0.3 is 0 Å². The third kappa shape index (κ3) is 4.63. The van der Waals surface area contributed by atoms with Gasteiger partial charge in [-0.3, -0.25) is 9.78 Å². The van der Waals surface area contributed by atoms with Crippen LogP contribution in [0.1, 0.15) is 37.4 Å². The number of pyridine rings is 2. The standard InChI is InChI=1S/C24H26F3N5O2/c1-14(17-4-3-5-18(23(17)25)24(26)27)30-20-6-7-28-21-11-29-22(10-19(20)21)31-8-9-32(15(2)34)16(12-31)13-33/h3-7,10-11,14,16,24,33H,8-9,12-13H2,1-2H3,(H,28,30)/t14-,16?/m1/s1. The lowest BCUT2D eigenvalue weighted by Crippen LogP contribution is -2.56. The Balaban J connectivity index is 1.62. The summed E-state index contributed by atoms with van der Waals surface area (Å²) in [6.45, 7) is 4.49. The lowest BCUT2D eigenvalue weighted by Gasteiger charge is -2.40. The molecule has 1 unspecified atom stereocenters. The van der Waals surface area contributed by atoms with Gasteiger partial charge in [0.1, 0.15) is 11.6 Å². The molecule has 1 fully saturated rings. The number of benzene rings is 1. The Hall–Kier alpha value is -3.40. The summed E-state index contributed by atoms with van der Waals surface area (Å²) in [5.41, 5.74) is 0.788. The van der Waals surface area contributed by atoms with E-state index in [0.717, 1.165) is 11.5 Å². The molecule has 10 heteroatoms. The molecule has 34 heavy (non-hydrogen) atoms. The maximum absolute atomic E-state index is 14.7. The van der Waals surface area contributed by atoms with Gasteiger partial charge in [-0.1, -0.05) is 18.2 Å². The van der Waals surface area contributed by atoms with Crippen molar-refractivity contribution in [2.24, 2.45) is 0 Å². The molecule has 0 spiro atoms. The van der Waals surface area contributed by atoms with Gasteiger partial charge in [0.25, 0.3) is 6.43 Å². The molecular weight excluding hydrogens is 447 g/mol. The molecule has 4 rings (SSSR count). The number of alkyl halides is 2. The number of anilines is 2. The Kier molecular flexibility index (Phi) is 6.87. The number of aliphatic hydroxyl groups is 1. The van der Waals surface area contributed by atoms with E-state index >= 15 is 0 Å². The summed E-state index contributed by atoms with van der Waals surface area (Å²) in [5, 5.41) is 13.7. The van der Waals surface area contributed by atoms with Gasteiger partial charge in [0.15, 0.2) is 0 Å². The van der Waals surface area contributed by atoms with Crippen molar-refractivity contribution in [1.82, 2.24) is 14.9 Å². The van der Waals surface area contributed by atoms with Gasteiger partial charge in [-0.15, -0.1) is 0 Å². The van der Waals surface area contributed by atoms with Crippen LogP contribution in [0.3, 0.4) is 0 Å².